The van der Waals surface area contributed by atoms with Crippen molar-refractivity contribution in [1.82, 2.24) is 0 Å². The van der Waals surface area contributed by atoms with Crippen molar-refractivity contribution in [2.45, 2.75) is 45.6 Å². The molecule has 2 N–H and O–H groups in total. The monoisotopic (exact) mass is 191 g/mol. The van der Waals surface area contributed by atoms with Crippen molar-refractivity contribution in [3.8, 4) is 0 Å². The molecule has 0 aliphatic rings. The standard InChI is InChI=1S/C13H21N/c1-4-10(3)11-6-8-12(9-7-11)13(14)5-2/h6-10,13H,4-5,14H2,1-3H3/t10?,13-/m1/s1. The second-order valence-corrected chi connectivity index (χ2v) is 3.99. The second kappa shape index (κ2) is 5.16. The van der Waals surface area contributed by atoms with Crippen LogP contribution in [0.15, 0.2) is 24.3 Å². The van der Waals surface area contributed by atoms with Crippen LogP contribution in [0.5, 0.6) is 0 Å². The van der Waals surface area contributed by atoms with Gasteiger partial charge in [-0.05, 0) is 29.9 Å². The summed E-state index contributed by atoms with van der Waals surface area (Å²) < 4.78 is 0. The summed E-state index contributed by atoms with van der Waals surface area (Å²) in [7, 11) is 0. The van der Waals surface area contributed by atoms with Crippen LogP contribution in [0.4, 0.5) is 0 Å². The van der Waals surface area contributed by atoms with E-state index < -0.39 is 0 Å². The molecule has 0 heterocycles. The van der Waals surface area contributed by atoms with Crippen LogP contribution in [-0.2, 0) is 0 Å². The molecule has 1 rings (SSSR count). The van der Waals surface area contributed by atoms with E-state index in [1.807, 2.05) is 0 Å². The van der Waals surface area contributed by atoms with Gasteiger partial charge in [0.05, 0.1) is 0 Å². The molecule has 0 aliphatic heterocycles. The average Bonchev–Trinajstić information content (AvgIpc) is 2.27. The Morgan fingerprint density at radius 3 is 1.93 bits per heavy atom. The fourth-order valence-electron chi connectivity index (χ4n) is 1.54. The molecule has 1 aromatic carbocycles. The predicted octanol–water partition coefficient (Wildman–Crippen LogP) is 3.61. The minimum Gasteiger partial charge on any atom is -0.324 e. The fourth-order valence-corrected chi connectivity index (χ4v) is 1.54. The van der Waals surface area contributed by atoms with Crippen LogP contribution in [0.2, 0.25) is 0 Å². The van der Waals surface area contributed by atoms with Crippen LogP contribution in [0, 0.1) is 0 Å². The SMILES string of the molecule is CCC(C)c1ccc([C@H](N)CC)cc1. The van der Waals surface area contributed by atoms with Gasteiger partial charge in [0.2, 0.25) is 0 Å². The zero-order valence-corrected chi connectivity index (χ0v) is 9.46. The Labute approximate surface area is 87.3 Å². The van der Waals surface area contributed by atoms with E-state index in [0.717, 1.165) is 6.42 Å². The lowest BCUT2D eigenvalue weighted by molar-refractivity contribution is 0.694. The maximum atomic E-state index is 5.95. The van der Waals surface area contributed by atoms with E-state index in [9.17, 15) is 0 Å². The van der Waals surface area contributed by atoms with Crippen LogP contribution in [0.3, 0.4) is 0 Å². The molecule has 0 saturated carbocycles. The van der Waals surface area contributed by atoms with Gasteiger partial charge >= 0.3 is 0 Å². The quantitative estimate of drug-likeness (QED) is 0.773. The smallest absolute Gasteiger partial charge is 0.0292 e. The average molecular weight is 191 g/mol. The highest BCUT2D eigenvalue weighted by Gasteiger charge is 2.05. The summed E-state index contributed by atoms with van der Waals surface area (Å²) in [4.78, 5) is 0. The van der Waals surface area contributed by atoms with Crippen molar-refractivity contribution in [2.24, 2.45) is 5.73 Å². The first-order valence-electron chi connectivity index (χ1n) is 5.54. The molecule has 0 spiro atoms. The molecule has 78 valence electrons. The van der Waals surface area contributed by atoms with Gasteiger partial charge in [0.25, 0.3) is 0 Å². The van der Waals surface area contributed by atoms with Gasteiger partial charge in [-0.3, -0.25) is 0 Å². The van der Waals surface area contributed by atoms with Crippen LogP contribution in [-0.4, -0.2) is 0 Å². The Hall–Kier alpha value is -0.820. The van der Waals surface area contributed by atoms with Crippen LogP contribution < -0.4 is 5.73 Å². The first-order chi connectivity index (χ1) is 6.69. The Morgan fingerprint density at radius 1 is 1.00 bits per heavy atom. The first-order valence-corrected chi connectivity index (χ1v) is 5.54. The van der Waals surface area contributed by atoms with E-state index in [1.165, 1.54) is 17.5 Å². The maximum absolute atomic E-state index is 5.95. The summed E-state index contributed by atoms with van der Waals surface area (Å²) >= 11 is 0. The van der Waals surface area contributed by atoms with E-state index in [0.29, 0.717) is 5.92 Å². The van der Waals surface area contributed by atoms with Crippen molar-refractivity contribution >= 4 is 0 Å². The van der Waals surface area contributed by atoms with Gasteiger partial charge < -0.3 is 5.73 Å². The van der Waals surface area contributed by atoms with E-state index in [4.69, 9.17) is 5.73 Å². The van der Waals surface area contributed by atoms with Gasteiger partial charge in [0.15, 0.2) is 0 Å². The normalized spacial score (nSPS) is 15.1. The second-order valence-electron chi connectivity index (χ2n) is 3.99. The largest absolute Gasteiger partial charge is 0.324 e. The van der Waals surface area contributed by atoms with Crippen LogP contribution >= 0.6 is 0 Å². The molecule has 14 heavy (non-hydrogen) atoms. The Bertz CT molecular complexity index is 234. The van der Waals surface area contributed by atoms with Crippen molar-refractivity contribution in [1.29, 1.82) is 0 Å². The molecule has 1 aromatic rings. The minimum atomic E-state index is 0.195. The molecule has 0 radical (unpaired) electrons. The van der Waals surface area contributed by atoms with Crippen molar-refractivity contribution < 1.29 is 0 Å². The number of benzene rings is 1. The summed E-state index contributed by atoms with van der Waals surface area (Å²) in [5.74, 6) is 0.655. The van der Waals surface area contributed by atoms with Gasteiger partial charge in [0, 0.05) is 6.04 Å². The highest BCUT2D eigenvalue weighted by molar-refractivity contribution is 5.26. The van der Waals surface area contributed by atoms with E-state index >= 15 is 0 Å². The highest BCUT2D eigenvalue weighted by Crippen LogP contribution is 2.21. The van der Waals surface area contributed by atoms with Gasteiger partial charge in [-0.15, -0.1) is 0 Å². The summed E-state index contributed by atoms with van der Waals surface area (Å²) in [5.41, 5.74) is 8.62. The zero-order valence-electron chi connectivity index (χ0n) is 9.46. The molecule has 1 unspecified atom stereocenters. The minimum absolute atomic E-state index is 0.195. The molecule has 1 nitrogen and oxygen atoms in total. The van der Waals surface area contributed by atoms with E-state index in [2.05, 4.69) is 45.0 Å². The Morgan fingerprint density at radius 2 is 1.50 bits per heavy atom. The summed E-state index contributed by atoms with van der Waals surface area (Å²) in [6.07, 6.45) is 2.20. The fraction of sp³-hybridized carbons (Fsp3) is 0.538. The number of rotatable bonds is 4. The van der Waals surface area contributed by atoms with Crippen molar-refractivity contribution in [2.75, 3.05) is 0 Å². The molecule has 2 atom stereocenters. The first kappa shape index (κ1) is 11.3. The van der Waals surface area contributed by atoms with Crippen molar-refractivity contribution in [3.05, 3.63) is 35.4 Å². The molecule has 0 aliphatic carbocycles. The molecule has 0 saturated heterocycles. The maximum Gasteiger partial charge on any atom is 0.0292 e. The third-order valence-electron chi connectivity index (χ3n) is 2.99. The molecular weight excluding hydrogens is 170 g/mol. The Balaban J connectivity index is 2.78. The third kappa shape index (κ3) is 2.58. The summed E-state index contributed by atoms with van der Waals surface area (Å²) in [6, 6.07) is 8.93. The highest BCUT2D eigenvalue weighted by atomic mass is 14.6. The molecule has 0 fully saturated rings. The van der Waals surface area contributed by atoms with E-state index in [1.54, 1.807) is 0 Å². The molecule has 1 heteroatoms. The van der Waals surface area contributed by atoms with Gasteiger partial charge in [-0.2, -0.15) is 0 Å². The van der Waals surface area contributed by atoms with Gasteiger partial charge in [-0.1, -0.05) is 45.0 Å². The topological polar surface area (TPSA) is 26.0 Å². The van der Waals surface area contributed by atoms with Gasteiger partial charge in [-0.25, -0.2) is 0 Å². The Kier molecular flexibility index (Phi) is 4.15. The van der Waals surface area contributed by atoms with Crippen molar-refractivity contribution in [3.63, 3.8) is 0 Å². The number of hydrogen-bond acceptors (Lipinski definition) is 1. The number of hydrogen-bond donors (Lipinski definition) is 1. The molecule has 0 amide bonds. The zero-order chi connectivity index (χ0) is 10.6. The van der Waals surface area contributed by atoms with Gasteiger partial charge in [0.1, 0.15) is 0 Å². The third-order valence-corrected chi connectivity index (χ3v) is 2.99. The number of nitrogens with two attached hydrogens (primary N) is 1. The predicted molar refractivity (Wildman–Crippen MR) is 62.4 cm³/mol. The van der Waals surface area contributed by atoms with E-state index in [-0.39, 0.29) is 6.04 Å². The molecular formula is C13H21N. The molecule has 0 bridgehead atoms. The van der Waals surface area contributed by atoms with Crippen LogP contribution in [0.25, 0.3) is 0 Å². The lowest BCUT2D eigenvalue weighted by Gasteiger charge is -2.12. The molecule has 0 aromatic heterocycles. The van der Waals surface area contributed by atoms with Crippen LogP contribution in [0.1, 0.15) is 56.7 Å². The lowest BCUT2D eigenvalue weighted by atomic mass is 9.96. The summed E-state index contributed by atoms with van der Waals surface area (Å²) in [6.45, 7) is 6.60. The lowest BCUT2D eigenvalue weighted by Crippen LogP contribution is -2.08. The summed E-state index contributed by atoms with van der Waals surface area (Å²) in [5, 5.41) is 0.